The van der Waals surface area contributed by atoms with Crippen molar-refractivity contribution in [3.05, 3.63) is 47.6 Å². The molecule has 4 rings (SSSR count). The number of carbonyl (C=O) groups is 1. The number of amides is 1. The van der Waals surface area contributed by atoms with Crippen LogP contribution in [0.3, 0.4) is 0 Å². The largest absolute Gasteiger partial charge is 0.356 e. The van der Waals surface area contributed by atoms with Gasteiger partial charge in [0, 0.05) is 44.6 Å². The molecule has 0 bridgehead atoms. The van der Waals surface area contributed by atoms with Crippen LogP contribution < -0.4 is 10.2 Å². The molecule has 2 aromatic heterocycles. The average molecular weight is 397 g/mol. The molecule has 146 valence electrons. The lowest BCUT2D eigenvalue weighted by atomic mass is 10.1. The van der Waals surface area contributed by atoms with Crippen LogP contribution in [0, 0.1) is 0 Å². The van der Waals surface area contributed by atoms with E-state index in [1.54, 1.807) is 34.2 Å². The number of anilines is 1. The Morgan fingerprint density at radius 3 is 2.93 bits per heavy atom. The molecule has 3 heterocycles. The van der Waals surface area contributed by atoms with Crippen molar-refractivity contribution in [1.29, 1.82) is 0 Å². The Morgan fingerprint density at radius 1 is 1.32 bits per heavy atom. The lowest BCUT2D eigenvalue weighted by Gasteiger charge is -2.35. The molecule has 0 unspecified atom stereocenters. The first kappa shape index (κ1) is 18.5. The van der Waals surface area contributed by atoms with Gasteiger partial charge in [0.15, 0.2) is 5.96 Å². The summed E-state index contributed by atoms with van der Waals surface area (Å²) in [5, 5.41) is 11.1. The highest BCUT2D eigenvalue weighted by Crippen LogP contribution is 2.25. The number of rotatable bonds is 4. The third-order valence-corrected chi connectivity index (χ3v) is 5.99. The summed E-state index contributed by atoms with van der Waals surface area (Å²) in [5.74, 6) is 0.838. The molecule has 0 atom stereocenters. The molecule has 28 heavy (non-hydrogen) atoms. The van der Waals surface area contributed by atoms with E-state index in [2.05, 4.69) is 45.1 Å². The maximum atomic E-state index is 12.6. The number of aryl methyl sites for hydroxylation is 1. The minimum atomic E-state index is 0.0611. The first-order valence-corrected chi connectivity index (χ1v) is 10.2. The number of benzene rings is 1. The number of aliphatic imine (C=N–C) groups is 1. The normalized spacial score (nSPS) is 15.5. The maximum absolute atomic E-state index is 12.6. The van der Waals surface area contributed by atoms with Crippen molar-refractivity contribution < 1.29 is 4.79 Å². The van der Waals surface area contributed by atoms with Crippen molar-refractivity contribution in [2.24, 2.45) is 12.0 Å². The molecule has 8 heteroatoms. The summed E-state index contributed by atoms with van der Waals surface area (Å²) in [5.41, 5.74) is 2.19. The van der Waals surface area contributed by atoms with E-state index in [0.29, 0.717) is 13.1 Å². The zero-order chi connectivity index (χ0) is 19.5. The molecule has 1 aromatic carbocycles. The molecular weight excluding hydrogens is 372 g/mol. The van der Waals surface area contributed by atoms with Gasteiger partial charge in [0.2, 0.25) is 5.91 Å². The van der Waals surface area contributed by atoms with E-state index in [-0.39, 0.29) is 5.91 Å². The summed E-state index contributed by atoms with van der Waals surface area (Å²) in [6, 6.07) is 8.48. The van der Waals surface area contributed by atoms with Crippen molar-refractivity contribution in [2.45, 2.75) is 6.42 Å². The standard InChI is InChI=1S/C20H24N6OS/c1-21-20(22-8-7-15-14-28-18-6-4-3-5-17(15)18)25-9-10-26(19(27)13-25)16-11-23-24(2)12-16/h3-6,11-12,14H,7-10,13H2,1-2H3,(H,21,22). The molecule has 3 aromatic rings. The summed E-state index contributed by atoms with van der Waals surface area (Å²) in [6.45, 7) is 2.46. The van der Waals surface area contributed by atoms with Crippen LogP contribution in [0.4, 0.5) is 5.69 Å². The molecule has 0 spiro atoms. The Hall–Kier alpha value is -2.87. The van der Waals surface area contributed by atoms with Gasteiger partial charge in [-0.1, -0.05) is 18.2 Å². The predicted octanol–water partition coefficient (Wildman–Crippen LogP) is 2.10. The van der Waals surface area contributed by atoms with Crippen LogP contribution in [0.25, 0.3) is 10.1 Å². The Morgan fingerprint density at radius 2 is 2.18 bits per heavy atom. The second kappa shape index (κ2) is 8.02. The summed E-state index contributed by atoms with van der Waals surface area (Å²) in [6.07, 6.45) is 4.52. The summed E-state index contributed by atoms with van der Waals surface area (Å²) < 4.78 is 3.03. The fraction of sp³-hybridized carbons (Fsp3) is 0.350. The highest BCUT2D eigenvalue weighted by Gasteiger charge is 2.27. The topological polar surface area (TPSA) is 65.8 Å². The van der Waals surface area contributed by atoms with Crippen molar-refractivity contribution in [3.8, 4) is 0 Å². The number of nitrogens with zero attached hydrogens (tertiary/aromatic N) is 5. The van der Waals surface area contributed by atoms with Gasteiger partial charge in [0.05, 0.1) is 11.9 Å². The average Bonchev–Trinajstić information content (AvgIpc) is 3.31. The number of piperazine rings is 1. The van der Waals surface area contributed by atoms with Crippen LogP contribution in [-0.4, -0.2) is 59.8 Å². The number of aromatic nitrogens is 2. The Bertz CT molecular complexity index is 1010. The third-order valence-electron chi connectivity index (χ3n) is 4.97. The van der Waals surface area contributed by atoms with Gasteiger partial charge in [-0.15, -0.1) is 11.3 Å². The van der Waals surface area contributed by atoms with Gasteiger partial charge >= 0.3 is 0 Å². The first-order chi connectivity index (χ1) is 13.7. The van der Waals surface area contributed by atoms with E-state index in [1.807, 2.05) is 18.1 Å². The van der Waals surface area contributed by atoms with Crippen LogP contribution in [-0.2, 0) is 18.3 Å². The minimum absolute atomic E-state index is 0.0611. The third kappa shape index (κ3) is 3.73. The van der Waals surface area contributed by atoms with Gasteiger partial charge in [0.1, 0.15) is 6.54 Å². The van der Waals surface area contributed by atoms with Crippen LogP contribution in [0.2, 0.25) is 0 Å². The van der Waals surface area contributed by atoms with Gasteiger partial charge in [-0.25, -0.2) is 0 Å². The maximum Gasteiger partial charge on any atom is 0.246 e. The van der Waals surface area contributed by atoms with E-state index >= 15 is 0 Å². The SMILES string of the molecule is CN=C(NCCc1csc2ccccc12)N1CCN(c2cnn(C)c2)C(=O)C1. The van der Waals surface area contributed by atoms with E-state index in [4.69, 9.17) is 0 Å². The zero-order valence-corrected chi connectivity index (χ0v) is 16.9. The Kier molecular flexibility index (Phi) is 5.29. The number of hydrogen-bond donors (Lipinski definition) is 1. The van der Waals surface area contributed by atoms with Crippen molar-refractivity contribution >= 4 is 39.0 Å². The molecule has 7 nitrogen and oxygen atoms in total. The monoisotopic (exact) mass is 396 g/mol. The molecule has 0 saturated carbocycles. The second-order valence-corrected chi connectivity index (χ2v) is 7.73. The number of fused-ring (bicyclic) bond motifs is 1. The lowest BCUT2D eigenvalue weighted by Crippen LogP contribution is -2.55. The summed E-state index contributed by atoms with van der Waals surface area (Å²) in [4.78, 5) is 20.8. The van der Waals surface area contributed by atoms with E-state index in [9.17, 15) is 4.79 Å². The van der Waals surface area contributed by atoms with E-state index < -0.39 is 0 Å². The molecule has 0 aliphatic carbocycles. The highest BCUT2D eigenvalue weighted by molar-refractivity contribution is 7.17. The summed E-state index contributed by atoms with van der Waals surface area (Å²) in [7, 11) is 3.62. The zero-order valence-electron chi connectivity index (χ0n) is 16.1. The predicted molar refractivity (Wildman–Crippen MR) is 114 cm³/mol. The van der Waals surface area contributed by atoms with Gasteiger partial charge < -0.3 is 15.1 Å². The van der Waals surface area contributed by atoms with Crippen LogP contribution in [0.15, 0.2) is 47.0 Å². The van der Waals surface area contributed by atoms with Gasteiger partial charge in [-0.3, -0.25) is 14.5 Å². The van der Waals surface area contributed by atoms with Gasteiger partial charge in [-0.05, 0) is 28.8 Å². The van der Waals surface area contributed by atoms with E-state index in [1.165, 1.54) is 15.6 Å². The van der Waals surface area contributed by atoms with Crippen LogP contribution >= 0.6 is 11.3 Å². The number of guanidine groups is 1. The summed E-state index contributed by atoms with van der Waals surface area (Å²) >= 11 is 1.78. The van der Waals surface area contributed by atoms with Crippen molar-refractivity contribution in [1.82, 2.24) is 20.0 Å². The first-order valence-electron chi connectivity index (χ1n) is 9.35. The molecule has 1 N–H and O–H groups in total. The van der Waals surface area contributed by atoms with Gasteiger partial charge in [0.25, 0.3) is 0 Å². The molecular formula is C20H24N6OS. The highest BCUT2D eigenvalue weighted by atomic mass is 32.1. The fourth-order valence-electron chi connectivity index (χ4n) is 3.54. The van der Waals surface area contributed by atoms with E-state index in [0.717, 1.165) is 31.2 Å². The van der Waals surface area contributed by atoms with Crippen molar-refractivity contribution in [3.63, 3.8) is 0 Å². The molecule has 0 radical (unpaired) electrons. The number of hydrogen-bond acceptors (Lipinski definition) is 4. The lowest BCUT2D eigenvalue weighted by molar-refractivity contribution is -0.120. The smallest absolute Gasteiger partial charge is 0.246 e. The molecule has 1 aliphatic rings. The number of nitrogens with one attached hydrogen (secondary N) is 1. The Balaban J connectivity index is 1.34. The number of thiophene rings is 1. The molecule has 1 amide bonds. The fourth-order valence-corrected chi connectivity index (χ4v) is 4.54. The van der Waals surface area contributed by atoms with Gasteiger partial charge in [-0.2, -0.15) is 5.10 Å². The molecule has 1 saturated heterocycles. The quantitative estimate of drug-likeness (QED) is 0.542. The Labute approximate surface area is 168 Å². The second-order valence-electron chi connectivity index (χ2n) is 6.82. The minimum Gasteiger partial charge on any atom is -0.356 e. The van der Waals surface area contributed by atoms with Crippen LogP contribution in [0.5, 0.6) is 0 Å². The van der Waals surface area contributed by atoms with Crippen LogP contribution in [0.1, 0.15) is 5.56 Å². The van der Waals surface area contributed by atoms with Crippen molar-refractivity contribution in [2.75, 3.05) is 38.1 Å². The number of carbonyl (C=O) groups excluding carboxylic acids is 1. The molecule has 1 aliphatic heterocycles. The molecule has 1 fully saturated rings.